The zero-order valence-corrected chi connectivity index (χ0v) is 14.8. The zero-order valence-electron chi connectivity index (χ0n) is 14.8. The summed E-state index contributed by atoms with van der Waals surface area (Å²) in [4.78, 5) is 49.7. The predicted octanol–water partition coefficient (Wildman–Crippen LogP) is -0.0697. The van der Waals surface area contributed by atoms with E-state index in [0.717, 1.165) is 0 Å². The first-order valence-electron chi connectivity index (χ1n) is 8.05. The maximum atomic E-state index is 12.2. The van der Waals surface area contributed by atoms with E-state index < -0.39 is 17.3 Å². The molecule has 1 heterocycles. The monoisotopic (exact) mass is 341 g/mol. The number of carboxylic acid groups (broad SMARTS) is 1. The normalized spacial score (nSPS) is 15.8. The van der Waals surface area contributed by atoms with Gasteiger partial charge in [-0.1, -0.05) is 20.8 Å². The van der Waals surface area contributed by atoms with Gasteiger partial charge in [-0.3, -0.25) is 19.2 Å². The van der Waals surface area contributed by atoms with Crippen LogP contribution < -0.4 is 5.32 Å². The van der Waals surface area contributed by atoms with Gasteiger partial charge in [-0.25, -0.2) is 0 Å². The summed E-state index contributed by atoms with van der Waals surface area (Å²) in [5.74, 6) is -2.02. The Labute approximate surface area is 142 Å². The van der Waals surface area contributed by atoms with Crippen LogP contribution in [0, 0.1) is 11.3 Å². The molecule has 24 heavy (non-hydrogen) atoms. The Morgan fingerprint density at radius 1 is 1.17 bits per heavy atom. The molecule has 8 heteroatoms. The van der Waals surface area contributed by atoms with Gasteiger partial charge in [0.1, 0.15) is 0 Å². The van der Waals surface area contributed by atoms with Crippen LogP contribution >= 0.6 is 0 Å². The summed E-state index contributed by atoms with van der Waals surface area (Å²) in [5, 5.41) is 11.5. The van der Waals surface area contributed by atoms with Crippen molar-refractivity contribution in [3.05, 3.63) is 0 Å². The summed E-state index contributed by atoms with van der Waals surface area (Å²) < 4.78 is 0. The summed E-state index contributed by atoms with van der Waals surface area (Å²) in [6.45, 7) is 5.79. The lowest BCUT2D eigenvalue weighted by atomic mass is 9.96. The van der Waals surface area contributed by atoms with Crippen molar-refractivity contribution in [1.29, 1.82) is 0 Å². The summed E-state index contributed by atoms with van der Waals surface area (Å²) in [6, 6.07) is 0. The number of aliphatic carboxylic acids is 1. The van der Waals surface area contributed by atoms with Gasteiger partial charge in [0.2, 0.25) is 17.7 Å². The molecular formula is C16H27N3O5. The lowest BCUT2D eigenvalue weighted by molar-refractivity contribution is -0.146. The molecule has 0 unspecified atom stereocenters. The third-order valence-electron chi connectivity index (χ3n) is 4.08. The van der Waals surface area contributed by atoms with Crippen molar-refractivity contribution < 1.29 is 24.3 Å². The number of hydrogen-bond acceptors (Lipinski definition) is 4. The van der Waals surface area contributed by atoms with Gasteiger partial charge in [-0.05, 0) is 12.8 Å². The molecule has 136 valence electrons. The fourth-order valence-corrected chi connectivity index (χ4v) is 2.32. The standard InChI is InChI=1S/C16H27N3O5/c1-16(2,3)15(24)17-9-12(20)18(4)10-13(21)19-7-5-11(6-8-19)14(22)23/h11H,5-10H2,1-4H3,(H,17,24)(H,22,23). The Balaban J connectivity index is 2.40. The number of nitrogens with one attached hydrogen (secondary N) is 1. The van der Waals surface area contributed by atoms with Crippen LogP contribution in [0.25, 0.3) is 0 Å². The van der Waals surface area contributed by atoms with Gasteiger partial charge in [0.05, 0.1) is 19.0 Å². The van der Waals surface area contributed by atoms with Crippen LogP contribution in [0.3, 0.4) is 0 Å². The van der Waals surface area contributed by atoms with Gasteiger partial charge in [-0.2, -0.15) is 0 Å². The van der Waals surface area contributed by atoms with Crippen molar-refractivity contribution in [1.82, 2.24) is 15.1 Å². The third-order valence-corrected chi connectivity index (χ3v) is 4.08. The number of amides is 3. The molecular weight excluding hydrogens is 314 g/mol. The van der Waals surface area contributed by atoms with Crippen LogP contribution in [-0.2, 0) is 19.2 Å². The van der Waals surface area contributed by atoms with E-state index in [4.69, 9.17) is 5.11 Å². The van der Waals surface area contributed by atoms with E-state index in [0.29, 0.717) is 25.9 Å². The van der Waals surface area contributed by atoms with Gasteiger partial charge in [0, 0.05) is 25.6 Å². The van der Waals surface area contributed by atoms with Gasteiger partial charge in [0.25, 0.3) is 0 Å². The highest BCUT2D eigenvalue weighted by Gasteiger charge is 2.28. The smallest absolute Gasteiger partial charge is 0.306 e. The lowest BCUT2D eigenvalue weighted by Gasteiger charge is -2.31. The second-order valence-electron chi connectivity index (χ2n) is 7.18. The van der Waals surface area contributed by atoms with Crippen LogP contribution in [0.15, 0.2) is 0 Å². The van der Waals surface area contributed by atoms with E-state index in [1.165, 1.54) is 11.9 Å². The summed E-state index contributed by atoms with van der Waals surface area (Å²) >= 11 is 0. The highest BCUT2D eigenvalue weighted by atomic mass is 16.4. The Hall–Kier alpha value is -2.12. The van der Waals surface area contributed by atoms with Crippen LogP contribution in [-0.4, -0.2) is 71.8 Å². The Morgan fingerprint density at radius 2 is 1.71 bits per heavy atom. The van der Waals surface area contributed by atoms with Crippen LogP contribution in [0.1, 0.15) is 33.6 Å². The maximum Gasteiger partial charge on any atom is 0.306 e. The molecule has 0 saturated carbocycles. The van der Waals surface area contributed by atoms with E-state index in [1.807, 2.05) is 0 Å². The van der Waals surface area contributed by atoms with Crippen LogP contribution in [0.4, 0.5) is 0 Å². The number of likely N-dealkylation sites (tertiary alicyclic amines) is 1. The largest absolute Gasteiger partial charge is 0.481 e. The third kappa shape index (κ3) is 5.82. The SMILES string of the molecule is CN(CC(=O)N1CCC(C(=O)O)CC1)C(=O)CNC(=O)C(C)(C)C. The van der Waals surface area contributed by atoms with Crippen molar-refractivity contribution >= 4 is 23.7 Å². The number of hydrogen-bond donors (Lipinski definition) is 2. The number of carboxylic acids is 1. The van der Waals surface area contributed by atoms with E-state index in [-0.39, 0.29) is 30.8 Å². The molecule has 0 aliphatic carbocycles. The molecule has 1 aliphatic rings. The van der Waals surface area contributed by atoms with Crippen LogP contribution in [0.5, 0.6) is 0 Å². The Kier molecular flexibility index (Phi) is 6.74. The van der Waals surface area contributed by atoms with Crippen molar-refractivity contribution in [2.45, 2.75) is 33.6 Å². The molecule has 1 aliphatic heterocycles. The first kappa shape index (κ1) is 19.9. The van der Waals surface area contributed by atoms with Crippen molar-refractivity contribution in [3.63, 3.8) is 0 Å². The lowest BCUT2D eigenvalue weighted by Crippen LogP contribution is -2.48. The second-order valence-corrected chi connectivity index (χ2v) is 7.18. The topological polar surface area (TPSA) is 107 Å². The minimum atomic E-state index is -0.830. The second kappa shape index (κ2) is 8.12. The molecule has 8 nitrogen and oxygen atoms in total. The fraction of sp³-hybridized carbons (Fsp3) is 0.750. The van der Waals surface area contributed by atoms with E-state index in [1.54, 1.807) is 25.7 Å². The fourth-order valence-electron chi connectivity index (χ4n) is 2.32. The number of rotatable bonds is 5. The highest BCUT2D eigenvalue weighted by molar-refractivity contribution is 5.89. The highest BCUT2D eigenvalue weighted by Crippen LogP contribution is 2.17. The average Bonchev–Trinajstić information content (AvgIpc) is 2.51. The number of nitrogens with zero attached hydrogens (tertiary/aromatic N) is 2. The van der Waals surface area contributed by atoms with Gasteiger partial charge >= 0.3 is 5.97 Å². The zero-order chi connectivity index (χ0) is 18.5. The minimum absolute atomic E-state index is 0.0814. The quantitative estimate of drug-likeness (QED) is 0.728. The van der Waals surface area contributed by atoms with E-state index >= 15 is 0 Å². The average molecular weight is 341 g/mol. The first-order chi connectivity index (χ1) is 11.0. The molecule has 0 aromatic carbocycles. The molecule has 0 aromatic heterocycles. The number of carbonyl (C=O) groups is 4. The number of carbonyl (C=O) groups excluding carboxylic acids is 3. The Morgan fingerprint density at radius 3 is 2.17 bits per heavy atom. The summed E-state index contributed by atoms with van der Waals surface area (Å²) in [7, 11) is 1.51. The van der Waals surface area contributed by atoms with Crippen molar-refractivity contribution in [2.24, 2.45) is 11.3 Å². The van der Waals surface area contributed by atoms with Crippen LogP contribution in [0.2, 0.25) is 0 Å². The van der Waals surface area contributed by atoms with Crippen molar-refractivity contribution in [3.8, 4) is 0 Å². The summed E-state index contributed by atoms with van der Waals surface area (Å²) in [5.41, 5.74) is -0.580. The molecule has 0 bridgehead atoms. The van der Waals surface area contributed by atoms with Gasteiger partial charge in [-0.15, -0.1) is 0 Å². The van der Waals surface area contributed by atoms with E-state index in [2.05, 4.69) is 5.32 Å². The van der Waals surface area contributed by atoms with E-state index in [9.17, 15) is 19.2 Å². The molecule has 0 radical (unpaired) electrons. The molecule has 0 aromatic rings. The first-order valence-corrected chi connectivity index (χ1v) is 8.05. The molecule has 1 rings (SSSR count). The number of piperidine rings is 1. The molecule has 0 spiro atoms. The van der Waals surface area contributed by atoms with Crippen molar-refractivity contribution in [2.75, 3.05) is 33.2 Å². The number of likely N-dealkylation sites (N-methyl/N-ethyl adjacent to an activating group) is 1. The minimum Gasteiger partial charge on any atom is -0.481 e. The molecule has 3 amide bonds. The maximum absolute atomic E-state index is 12.2. The molecule has 0 atom stereocenters. The molecule has 1 saturated heterocycles. The molecule has 1 fully saturated rings. The Bertz CT molecular complexity index is 504. The summed E-state index contributed by atoms with van der Waals surface area (Å²) in [6.07, 6.45) is 0.862. The molecule has 2 N–H and O–H groups in total. The predicted molar refractivity (Wildman–Crippen MR) is 87.0 cm³/mol. The van der Waals surface area contributed by atoms with Gasteiger partial charge in [0.15, 0.2) is 0 Å². The van der Waals surface area contributed by atoms with Gasteiger partial charge < -0.3 is 20.2 Å².